The van der Waals surface area contributed by atoms with Gasteiger partial charge < -0.3 is 9.52 Å². The largest absolute Gasteiger partial charge is 0.458 e. The van der Waals surface area contributed by atoms with Crippen molar-refractivity contribution in [3.8, 4) is 0 Å². The van der Waals surface area contributed by atoms with Crippen molar-refractivity contribution in [3.63, 3.8) is 0 Å². The number of fused-ring (bicyclic) bond motifs is 1. The normalized spacial score (nSPS) is 32.8. The Morgan fingerprint density at radius 2 is 2.06 bits per heavy atom. The van der Waals surface area contributed by atoms with Crippen molar-refractivity contribution in [2.24, 2.45) is 11.8 Å². The average molecular weight is 244 g/mol. The summed E-state index contributed by atoms with van der Waals surface area (Å²) in [6, 6.07) is 9.96. The Balaban J connectivity index is 2.06. The smallest absolute Gasteiger partial charge is 0.137 e. The quantitative estimate of drug-likeness (QED) is 0.820. The summed E-state index contributed by atoms with van der Waals surface area (Å²) >= 11 is 0. The van der Waals surface area contributed by atoms with Gasteiger partial charge in [0.25, 0.3) is 0 Å². The molecule has 1 aliphatic carbocycles. The van der Waals surface area contributed by atoms with E-state index in [0.717, 1.165) is 29.6 Å². The summed E-state index contributed by atoms with van der Waals surface area (Å²) in [6.45, 7) is 4.36. The lowest BCUT2D eigenvalue weighted by Gasteiger charge is -2.40. The highest BCUT2D eigenvalue weighted by atomic mass is 16.4. The lowest BCUT2D eigenvalue weighted by molar-refractivity contribution is -0.0830. The first kappa shape index (κ1) is 11.8. The zero-order valence-corrected chi connectivity index (χ0v) is 11.0. The van der Waals surface area contributed by atoms with E-state index in [4.69, 9.17) is 4.42 Å². The van der Waals surface area contributed by atoms with Gasteiger partial charge in [0.1, 0.15) is 16.9 Å². The van der Waals surface area contributed by atoms with Crippen LogP contribution in [0.5, 0.6) is 0 Å². The average Bonchev–Trinajstić information content (AvgIpc) is 2.80. The van der Waals surface area contributed by atoms with Crippen molar-refractivity contribution < 1.29 is 9.52 Å². The van der Waals surface area contributed by atoms with Gasteiger partial charge in [-0.2, -0.15) is 0 Å². The Hall–Kier alpha value is -1.28. The molecule has 2 aromatic rings. The third-order valence-corrected chi connectivity index (χ3v) is 4.68. The van der Waals surface area contributed by atoms with Crippen LogP contribution in [-0.2, 0) is 5.60 Å². The van der Waals surface area contributed by atoms with Crippen molar-refractivity contribution in [1.82, 2.24) is 0 Å². The van der Waals surface area contributed by atoms with Crippen molar-refractivity contribution in [2.75, 3.05) is 0 Å². The van der Waals surface area contributed by atoms with E-state index in [-0.39, 0.29) is 5.92 Å². The molecule has 0 aliphatic heterocycles. The molecule has 2 nitrogen and oxygen atoms in total. The molecule has 3 unspecified atom stereocenters. The maximum absolute atomic E-state index is 11.0. The van der Waals surface area contributed by atoms with Gasteiger partial charge in [-0.05, 0) is 36.8 Å². The summed E-state index contributed by atoms with van der Waals surface area (Å²) in [5, 5.41) is 12.1. The van der Waals surface area contributed by atoms with Gasteiger partial charge in [0.05, 0.1) is 0 Å². The fourth-order valence-electron chi connectivity index (χ4n) is 3.18. The predicted molar refractivity (Wildman–Crippen MR) is 72.3 cm³/mol. The number of hydrogen-bond acceptors (Lipinski definition) is 2. The Morgan fingerprint density at radius 3 is 2.83 bits per heavy atom. The molecule has 96 valence electrons. The summed E-state index contributed by atoms with van der Waals surface area (Å²) in [5.74, 6) is 1.52. The van der Waals surface area contributed by atoms with Gasteiger partial charge >= 0.3 is 0 Å². The van der Waals surface area contributed by atoms with Crippen LogP contribution in [0.3, 0.4) is 0 Å². The maximum atomic E-state index is 11.0. The molecule has 18 heavy (non-hydrogen) atoms. The van der Waals surface area contributed by atoms with E-state index in [1.165, 1.54) is 6.42 Å². The van der Waals surface area contributed by atoms with Crippen LogP contribution in [0.4, 0.5) is 0 Å². The zero-order valence-electron chi connectivity index (χ0n) is 11.0. The summed E-state index contributed by atoms with van der Waals surface area (Å²) in [5.41, 5.74) is 0.0720. The molecule has 1 fully saturated rings. The minimum atomic E-state index is -0.795. The zero-order chi connectivity index (χ0) is 12.8. The Kier molecular flexibility index (Phi) is 2.70. The molecule has 0 saturated heterocycles. The number of benzene rings is 1. The van der Waals surface area contributed by atoms with Gasteiger partial charge in [0.15, 0.2) is 0 Å². The second-order valence-corrected chi connectivity index (χ2v) is 5.73. The molecule has 2 heteroatoms. The molecule has 1 aromatic heterocycles. The number of furan rings is 1. The van der Waals surface area contributed by atoms with E-state index in [9.17, 15) is 5.11 Å². The highest BCUT2D eigenvalue weighted by molar-refractivity contribution is 5.77. The minimum Gasteiger partial charge on any atom is -0.458 e. The highest BCUT2D eigenvalue weighted by Gasteiger charge is 2.43. The van der Waals surface area contributed by atoms with Gasteiger partial charge in [-0.15, -0.1) is 0 Å². The second-order valence-electron chi connectivity index (χ2n) is 5.73. The van der Waals surface area contributed by atoms with Crippen LogP contribution in [0.2, 0.25) is 0 Å². The molecule has 0 bridgehead atoms. The second kappa shape index (κ2) is 4.13. The van der Waals surface area contributed by atoms with Gasteiger partial charge in [0, 0.05) is 5.39 Å². The van der Waals surface area contributed by atoms with Gasteiger partial charge in [-0.25, -0.2) is 0 Å². The predicted octanol–water partition coefficient (Wildman–Crippen LogP) is 4.08. The topological polar surface area (TPSA) is 33.4 Å². The summed E-state index contributed by atoms with van der Waals surface area (Å²) in [6.07, 6.45) is 3.07. The van der Waals surface area contributed by atoms with E-state index in [0.29, 0.717) is 5.92 Å². The van der Waals surface area contributed by atoms with Crippen LogP contribution in [0, 0.1) is 11.8 Å². The molecule has 0 amide bonds. The van der Waals surface area contributed by atoms with E-state index in [2.05, 4.69) is 13.8 Å². The SMILES string of the molecule is CC1CCCC(O)(c2cc3ccccc3o2)C1C. The molecule has 1 heterocycles. The molecule has 1 N–H and O–H groups in total. The summed E-state index contributed by atoms with van der Waals surface area (Å²) < 4.78 is 5.88. The molecule has 0 radical (unpaired) electrons. The van der Waals surface area contributed by atoms with E-state index in [1.807, 2.05) is 30.3 Å². The van der Waals surface area contributed by atoms with Crippen molar-refractivity contribution in [3.05, 3.63) is 36.1 Å². The first-order valence-corrected chi connectivity index (χ1v) is 6.83. The minimum absolute atomic E-state index is 0.242. The van der Waals surface area contributed by atoms with E-state index >= 15 is 0 Å². The molecule has 1 aliphatic rings. The van der Waals surface area contributed by atoms with Crippen LogP contribution < -0.4 is 0 Å². The van der Waals surface area contributed by atoms with E-state index < -0.39 is 5.60 Å². The molecular weight excluding hydrogens is 224 g/mol. The molecule has 3 rings (SSSR count). The Morgan fingerprint density at radius 1 is 1.28 bits per heavy atom. The monoisotopic (exact) mass is 244 g/mol. The third-order valence-electron chi connectivity index (χ3n) is 4.68. The maximum Gasteiger partial charge on any atom is 0.137 e. The van der Waals surface area contributed by atoms with Gasteiger partial charge in [-0.1, -0.05) is 38.5 Å². The first-order valence-electron chi connectivity index (χ1n) is 6.83. The van der Waals surface area contributed by atoms with Gasteiger partial charge in [-0.3, -0.25) is 0 Å². The Bertz CT molecular complexity index is 524. The lowest BCUT2D eigenvalue weighted by Crippen LogP contribution is -2.40. The standard InChI is InChI=1S/C16H20O2/c1-11-6-5-9-16(17,12(11)2)15-10-13-7-3-4-8-14(13)18-15/h3-4,7-8,10-12,17H,5-6,9H2,1-2H3. The fraction of sp³-hybridized carbons (Fsp3) is 0.500. The number of para-hydroxylation sites is 1. The van der Waals surface area contributed by atoms with Crippen molar-refractivity contribution in [2.45, 2.75) is 38.7 Å². The molecular formula is C16H20O2. The van der Waals surface area contributed by atoms with E-state index in [1.54, 1.807) is 0 Å². The van der Waals surface area contributed by atoms with Crippen LogP contribution >= 0.6 is 0 Å². The van der Waals surface area contributed by atoms with Crippen molar-refractivity contribution in [1.29, 1.82) is 0 Å². The first-order chi connectivity index (χ1) is 8.61. The molecule has 1 saturated carbocycles. The Labute approximate surface area is 108 Å². The molecule has 3 atom stereocenters. The van der Waals surface area contributed by atoms with Gasteiger partial charge in [0.2, 0.25) is 0 Å². The fourth-order valence-corrected chi connectivity index (χ4v) is 3.18. The van der Waals surface area contributed by atoms with Crippen LogP contribution in [0.25, 0.3) is 11.0 Å². The molecule has 0 spiro atoms. The van der Waals surface area contributed by atoms with Crippen LogP contribution in [0.1, 0.15) is 38.9 Å². The highest BCUT2D eigenvalue weighted by Crippen LogP contribution is 2.45. The number of rotatable bonds is 1. The third kappa shape index (κ3) is 1.67. The summed E-state index contributed by atoms with van der Waals surface area (Å²) in [7, 11) is 0. The number of hydrogen-bond donors (Lipinski definition) is 1. The van der Waals surface area contributed by atoms with Crippen LogP contribution in [0.15, 0.2) is 34.7 Å². The van der Waals surface area contributed by atoms with Crippen LogP contribution in [-0.4, -0.2) is 5.11 Å². The number of aliphatic hydroxyl groups is 1. The summed E-state index contributed by atoms with van der Waals surface area (Å²) in [4.78, 5) is 0. The lowest BCUT2D eigenvalue weighted by atomic mass is 9.69. The molecule has 1 aromatic carbocycles. The van der Waals surface area contributed by atoms with Crippen molar-refractivity contribution >= 4 is 11.0 Å².